The average Bonchev–Trinajstić information content (AvgIpc) is 3.46. The Morgan fingerprint density at radius 1 is 1.16 bits per heavy atom. The zero-order valence-corrected chi connectivity index (χ0v) is 22.1. The molecule has 5 rings (SSSR count). The molecule has 2 N–H and O–H groups in total. The van der Waals surface area contributed by atoms with Gasteiger partial charge in [-0.05, 0) is 67.9 Å². The molecule has 1 aromatic carbocycles. The maximum atomic E-state index is 14.2. The number of amides is 1. The number of aryl methyl sites for hydroxylation is 1. The number of hydrogen-bond acceptors (Lipinski definition) is 7. The first-order chi connectivity index (χ1) is 17.8. The van der Waals surface area contributed by atoms with E-state index in [9.17, 15) is 14.4 Å². The Kier molecular flexibility index (Phi) is 6.72. The Balaban J connectivity index is 1.64. The van der Waals surface area contributed by atoms with Crippen LogP contribution in [0.3, 0.4) is 0 Å². The number of benzene rings is 1. The zero-order chi connectivity index (χ0) is 26.3. The number of nitrogens with one attached hydrogen (secondary N) is 2. The topological polar surface area (TPSA) is 114 Å². The smallest absolute Gasteiger partial charge is 0.307 e. The Labute approximate surface area is 217 Å². The third-order valence-corrected chi connectivity index (χ3v) is 7.82. The third-order valence-electron chi connectivity index (χ3n) is 7.82. The average molecular weight is 509 g/mol. The summed E-state index contributed by atoms with van der Waals surface area (Å²) in [5.41, 5.74) is 4.54. The van der Waals surface area contributed by atoms with E-state index in [1.54, 1.807) is 18.7 Å². The summed E-state index contributed by atoms with van der Waals surface area (Å²) in [4.78, 5) is 41.6. The van der Waals surface area contributed by atoms with Gasteiger partial charge in [-0.1, -0.05) is 13.8 Å². The van der Waals surface area contributed by atoms with E-state index < -0.39 is 17.4 Å². The van der Waals surface area contributed by atoms with Gasteiger partial charge in [0.15, 0.2) is 0 Å². The minimum absolute atomic E-state index is 0.0660. The molecule has 37 heavy (non-hydrogen) atoms. The number of carbonyl (C=O) groups is 3. The quantitative estimate of drug-likeness (QED) is 0.515. The predicted octanol–water partition coefficient (Wildman–Crippen LogP) is 4.14. The molecule has 9 nitrogen and oxygen atoms in total. The number of fused-ring (bicyclic) bond motifs is 6. The number of rotatable bonds is 8. The number of nitrogens with zero attached hydrogens (tertiary/aromatic N) is 2. The van der Waals surface area contributed by atoms with Crippen molar-refractivity contribution in [2.24, 2.45) is 5.92 Å². The van der Waals surface area contributed by atoms with Crippen LogP contribution in [0, 0.1) is 5.92 Å². The van der Waals surface area contributed by atoms with E-state index in [1.165, 1.54) is 5.56 Å². The minimum atomic E-state index is -1.37. The number of hydrogen-bond donors (Lipinski definition) is 2. The molecular formula is C28H36N4O5. The van der Waals surface area contributed by atoms with Crippen molar-refractivity contribution in [3.63, 3.8) is 0 Å². The molecule has 0 spiro atoms. The number of carbonyl (C=O) groups excluding carboxylic acids is 3. The van der Waals surface area contributed by atoms with Gasteiger partial charge in [0.05, 0.1) is 49.4 Å². The fourth-order valence-corrected chi connectivity index (χ4v) is 6.34. The van der Waals surface area contributed by atoms with Crippen molar-refractivity contribution in [3.8, 4) is 0 Å². The molecule has 1 aromatic heterocycles. The second-order valence-corrected chi connectivity index (χ2v) is 10.7. The highest BCUT2D eigenvalue weighted by molar-refractivity contribution is 6.12. The molecule has 9 heteroatoms. The summed E-state index contributed by atoms with van der Waals surface area (Å²) in [7, 11) is 0. The van der Waals surface area contributed by atoms with Crippen LogP contribution in [0.25, 0.3) is 0 Å². The van der Waals surface area contributed by atoms with Gasteiger partial charge in [-0.2, -0.15) is 5.10 Å². The molecule has 1 aliphatic carbocycles. The molecule has 2 unspecified atom stereocenters. The van der Waals surface area contributed by atoms with Crippen molar-refractivity contribution in [1.82, 2.24) is 10.2 Å². The third kappa shape index (κ3) is 4.28. The lowest BCUT2D eigenvalue weighted by Gasteiger charge is -2.28. The van der Waals surface area contributed by atoms with Crippen LogP contribution >= 0.6 is 0 Å². The van der Waals surface area contributed by atoms with E-state index in [4.69, 9.17) is 9.47 Å². The molecule has 3 heterocycles. The van der Waals surface area contributed by atoms with Crippen LogP contribution in [0.4, 0.5) is 11.4 Å². The van der Waals surface area contributed by atoms with Crippen LogP contribution < -0.4 is 10.2 Å². The van der Waals surface area contributed by atoms with E-state index in [0.29, 0.717) is 12.1 Å². The van der Waals surface area contributed by atoms with Gasteiger partial charge in [-0.15, -0.1) is 0 Å². The van der Waals surface area contributed by atoms with Crippen LogP contribution in [0.15, 0.2) is 18.3 Å². The second-order valence-electron chi connectivity index (χ2n) is 10.7. The van der Waals surface area contributed by atoms with Gasteiger partial charge >= 0.3 is 11.9 Å². The van der Waals surface area contributed by atoms with Crippen LogP contribution in [0.5, 0.6) is 0 Å². The lowest BCUT2D eigenvalue weighted by atomic mass is 9.75. The highest BCUT2D eigenvalue weighted by Gasteiger charge is 2.55. The number of aromatic nitrogens is 2. The van der Waals surface area contributed by atoms with Gasteiger partial charge < -0.3 is 19.7 Å². The van der Waals surface area contributed by atoms with Gasteiger partial charge in [-0.25, -0.2) is 0 Å². The largest absolute Gasteiger partial charge is 0.466 e. The second kappa shape index (κ2) is 9.84. The van der Waals surface area contributed by atoms with E-state index in [2.05, 4.69) is 35.4 Å². The Bertz CT molecular complexity index is 1200. The van der Waals surface area contributed by atoms with Crippen molar-refractivity contribution < 1.29 is 23.9 Å². The van der Waals surface area contributed by atoms with Crippen molar-refractivity contribution in [2.45, 2.75) is 77.2 Å². The van der Waals surface area contributed by atoms with E-state index >= 15 is 0 Å². The number of ether oxygens (including phenoxy) is 2. The fourth-order valence-electron chi connectivity index (χ4n) is 6.34. The van der Waals surface area contributed by atoms with E-state index in [0.717, 1.165) is 41.9 Å². The molecule has 0 saturated carbocycles. The summed E-state index contributed by atoms with van der Waals surface area (Å²) in [5.74, 6) is -0.809. The van der Waals surface area contributed by atoms with Gasteiger partial charge in [0.1, 0.15) is 0 Å². The highest BCUT2D eigenvalue weighted by Crippen LogP contribution is 2.55. The number of H-pyrrole nitrogens is 1. The van der Waals surface area contributed by atoms with Crippen molar-refractivity contribution in [2.75, 3.05) is 30.0 Å². The summed E-state index contributed by atoms with van der Waals surface area (Å²) >= 11 is 0. The summed E-state index contributed by atoms with van der Waals surface area (Å²) < 4.78 is 10.6. The summed E-state index contributed by atoms with van der Waals surface area (Å²) in [6.07, 6.45) is 4.54. The molecule has 2 aromatic rings. The standard InChI is InChI=1S/C28H36N4O5/c1-5-36-23(33)12-28(13-24(34)37-6-2)20-11-21-19(10-22(20)32(27(28)35)15-16(3)4)18-9-7-8-17-14-29-31-25(17)26(18)30-21/h10-11,14,16,18,26,30H,5-9,12-13,15H2,1-4H3,(H,29,31). The molecule has 0 bridgehead atoms. The van der Waals surface area contributed by atoms with Crippen molar-refractivity contribution >= 4 is 29.2 Å². The molecule has 3 aliphatic rings. The Morgan fingerprint density at radius 3 is 2.51 bits per heavy atom. The zero-order valence-electron chi connectivity index (χ0n) is 22.1. The predicted molar refractivity (Wildman–Crippen MR) is 138 cm³/mol. The molecule has 0 fully saturated rings. The van der Waals surface area contributed by atoms with Gasteiger partial charge in [0, 0.05) is 23.8 Å². The molecular weight excluding hydrogens is 472 g/mol. The van der Waals surface area contributed by atoms with E-state index in [1.807, 2.05) is 12.3 Å². The normalized spacial score (nSPS) is 21.0. The van der Waals surface area contributed by atoms with Gasteiger partial charge in [0.2, 0.25) is 5.91 Å². The minimum Gasteiger partial charge on any atom is -0.466 e. The van der Waals surface area contributed by atoms with Gasteiger partial charge in [0.25, 0.3) is 0 Å². The summed E-state index contributed by atoms with van der Waals surface area (Å²) in [6.45, 7) is 8.47. The summed E-state index contributed by atoms with van der Waals surface area (Å²) in [5, 5.41) is 11.2. The lowest BCUT2D eigenvalue weighted by molar-refractivity contribution is -0.151. The van der Waals surface area contributed by atoms with E-state index in [-0.39, 0.29) is 49.8 Å². The highest BCUT2D eigenvalue weighted by atomic mass is 16.5. The van der Waals surface area contributed by atoms with Crippen LogP contribution in [-0.4, -0.2) is 47.8 Å². The lowest BCUT2D eigenvalue weighted by Crippen LogP contribution is -2.45. The molecule has 0 radical (unpaired) electrons. The van der Waals surface area contributed by atoms with Crippen molar-refractivity contribution in [3.05, 3.63) is 40.7 Å². The maximum absolute atomic E-state index is 14.2. The van der Waals surface area contributed by atoms with Gasteiger partial charge in [-0.3, -0.25) is 19.5 Å². The Morgan fingerprint density at radius 2 is 1.86 bits per heavy atom. The van der Waals surface area contributed by atoms with Crippen molar-refractivity contribution in [1.29, 1.82) is 0 Å². The first-order valence-electron chi connectivity index (χ1n) is 13.4. The molecule has 1 amide bonds. The molecule has 198 valence electrons. The molecule has 2 aliphatic heterocycles. The number of aromatic amines is 1. The number of anilines is 2. The maximum Gasteiger partial charge on any atom is 0.307 e. The number of esters is 2. The van der Waals surface area contributed by atoms with Crippen LogP contribution in [0.2, 0.25) is 0 Å². The molecule has 2 atom stereocenters. The monoisotopic (exact) mass is 508 g/mol. The fraction of sp³-hybridized carbons (Fsp3) is 0.571. The summed E-state index contributed by atoms with van der Waals surface area (Å²) in [6, 6.07) is 4.17. The first kappa shape index (κ1) is 25.3. The Hall–Kier alpha value is -3.36. The van der Waals surface area contributed by atoms with Crippen LogP contribution in [-0.2, 0) is 35.7 Å². The SMILES string of the molecule is CCOC(=O)CC1(CC(=O)OCC)C(=O)N(CC(C)C)c2cc3c(cc21)NC1c2[nH]ncc2CCCC31. The first-order valence-corrected chi connectivity index (χ1v) is 13.4. The van der Waals surface area contributed by atoms with Crippen LogP contribution in [0.1, 0.15) is 87.7 Å². The molecule has 0 saturated heterocycles.